The third-order valence-electron chi connectivity index (χ3n) is 6.46. The summed E-state index contributed by atoms with van der Waals surface area (Å²) in [5.41, 5.74) is 2.89. The lowest BCUT2D eigenvalue weighted by molar-refractivity contribution is -0.147. The molecule has 212 valence electrons. The number of ether oxygens (including phenoxy) is 1. The van der Waals surface area contributed by atoms with Crippen LogP contribution in [0.5, 0.6) is 0 Å². The third kappa shape index (κ3) is 14.0. The van der Waals surface area contributed by atoms with Crippen molar-refractivity contribution in [3.8, 4) is 0 Å². The van der Waals surface area contributed by atoms with Crippen LogP contribution in [0.15, 0.2) is 22.6 Å². The number of allylic oxidation sites excluding steroid dienone is 1. The van der Waals surface area contributed by atoms with Gasteiger partial charge >= 0.3 is 5.97 Å². The van der Waals surface area contributed by atoms with Crippen LogP contribution in [0.1, 0.15) is 117 Å². The molecule has 0 amide bonds. The van der Waals surface area contributed by atoms with Crippen LogP contribution in [0, 0.1) is 11.8 Å². The molecule has 37 heavy (non-hydrogen) atoms. The second-order valence-electron chi connectivity index (χ2n) is 9.55. The summed E-state index contributed by atoms with van der Waals surface area (Å²) in [6, 6.07) is 0. The van der Waals surface area contributed by atoms with E-state index in [1.165, 1.54) is 16.9 Å². The summed E-state index contributed by atoms with van der Waals surface area (Å²) in [5, 5.41) is 22.3. The number of nitrogens with zero attached hydrogens (tertiary/aromatic N) is 1. The first kappa shape index (κ1) is 35.2. The minimum Gasteiger partial charge on any atom is -0.457 e. The molecule has 1 rings (SSSR count). The van der Waals surface area contributed by atoms with Crippen molar-refractivity contribution in [3.63, 3.8) is 0 Å². The maximum Gasteiger partial charge on any atom is 0.306 e. The summed E-state index contributed by atoms with van der Waals surface area (Å²) in [7, 11) is 0. The van der Waals surface area contributed by atoms with Gasteiger partial charge in [0.05, 0.1) is 18.4 Å². The Bertz CT molecular complexity index is 845. The van der Waals surface area contributed by atoms with Crippen LogP contribution >= 0.6 is 11.3 Å². The highest BCUT2D eigenvalue weighted by molar-refractivity contribution is 7.09. The minimum absolute atomic E-state index is 0.0627. The molecule has 0 bridgehead atoms. The van der Waals surface area contributed by atoms with Crippen LogP contribution < -0.4 is 0 Å². The maximum absolute atomic E-state index is 12.3. The number of aliphatic hydroxyl groups excluding tert-OH is 2. The number of rotatable bonds is 17. The monoisotopic (exact) mass is 537 g/mol. The zero-order valence-electron chi connectivity index (χ0n) is 24.4. The van der Waals surface area contributed by atoms with Crippen LogP contribution in [0.3, 0.4) is 0 Å². The Balaban J connectivity index is 0.00000631. The molecule has 1 aromatic rings. The van der Waals surface area contributed by atoms with Crippen LogP contribution in [-0.4, -0.2) is 39.2 Å². The number of ketones is 1. The highest BCUT2D eigenvalue weighted by atomic mass is 32.1. The zero-order chi connectivity index (χ0) is 28.4. The van der Waals surface area contributed by atoms with Gasteiger partial charge in [-0.15, -0.1) is 11.3 Å². The standard InChI is InChI=1S/C28H45NO5S.C2H6/c1-7-9-13-27(32)34-25(21(5)16-23-18-35-26(17-30)29-23)15-14-19(3)11-10-12-20(4)28(33)22(6)24(31)8-2;1-2/h14,16,18,20,22,25,28,30,33H,7-13,15,17H2,1-6H3;1-2H3/b19-14-,21-16+;. The molecule has 1 heterocycles. The van der Waals surface area contributed by atoms with Gasteiger partial charge in [0.1, 0.15) is 16.9 Å². The van der Waals surface area contributed by atoms with E-state index < -0.39 is 6.10 Å². The number of hydrogen-bond donors (Lipinski definition) is 2. The molecule has 4 atom stereocenters. The Morgan fingerprint density at radius 3 is 2.38 bits per heavy atom. The lowest BCUT2D eigenvalue weighted by atomic mass is 9.86. The van der Waals surface area contributed by atoms with Crippen molar-refractivity contribution in [3.05, 3.63) is 33.3 Å². The van der Waals surface area contributed by atoms with E-state index in [1.807, 2.05) is 59.9 Å². The van der Waals surface area contributed by atoms with Crippen LogP contribution in [0.25, 0.3) is 6.08 Å². The zero-order valence-corrected chi connectivity index (χ0v) is 25.2. The summed E-state index contributed by atoms with van der Waals surface area (Å²) in [6.45, 7) is 15.6. The lowest BCUT2D eigenvalue weighted by Gasteiger charge is -2.24. The molecule has 0 radical (unpaired) electrons. The number of hydrogen-bond acceptors (Lipinski definition) is 7. The first-order valence-corrected chi connectivity index (χ1v) is 14.8. The van der Waals surface area contributed by atoms with E-state index in [0.29, 0.717) is 24.3 Å². The molecule has 7 heteroatoms. The molecule has 6 nitrogen and oxygen atoms in total. The van der Waals surface area contributed by atoms with Gasteiger partial charge in [-0.05, 0) is 57.1 Å². The van der Waals surface area contributed by atoms with Crippen molar-refractivity contribution in [2.45, 2.75) is 126 Å². The summed E-state index contributed by atoms with van der Waals surface area (Å²) in [4.78, 5) is 28.6. The van der Waals surface area contributed by atoms with E-state index in [-0.39, 0.29) is 36.3 Å². The highest BCUT2D eigenvalue weighted by Gasteiger charge is 2.25. The Morgan fingerprint density at radius 1 is 1.14 bits per heavy atom. The summed E-state index contributed by atoms with van der Waals surface area (Å²) in [6.07, 6.45) is 8.92. The third-order valence-corrected chi connectivity index (χ3v) is 7.31. The summed E-state index contributed by atoms with van der Waals surface area (Å²) < 4.78 is 5.81. The van der Waals surface area contributed by atoms with Crippen LogP contribution in [0.2, 0.25) is 0 Å². The number of aliphatic hydroxyl groups is 2. The Labute approximate surface area is 229 Å². The van der Waals surface area contributed by atoms with Gasteiger partial charge in [0, 0.05) is 30.6 Å². The van der Waals surface area contributed by atoms with Crippen molar-refractivity contribution < 1.29 is 24.5 Å². The van der Waals surface area contributed by atoms with Crippen molar-refractivity contribution in [1.29, 1.82) is 0 Å². The van der Waals surface area contributed by atoms with E-state index in [9.17, 15) is 19.8 Å². The van der Waals surface area contributed by atoms with Gasteiger partial charge in [0.25, 0.3) is 0 Å². The molecule has 4 unspecified atom stereocenters. The van der Waals surface area contributed by atoms with Crippen LogP contribution in [-0.2, 0) is 20.9 Å². The highest BCUT2D eigenvalue weighted by Crippen LogP contribution is 2.23. The number of carbonyl (C=O) groups excluding carboxylic acids is 2. The summed E-state index contributed by atoms with van der Waals surface area (Å²) in [5.74, 6) is -0.347. The topological polar surface area (TPSA) is 96.7 Å². The SMILES string of the molecule is CC.CCCCC(=O)OC(C/C=C(/C)CCCC(C)C(O)C(C)C(=O)CC)/C(C)=C/c1csc(CO)n1. The molecular weight excluding hydrogens is 486 g/mol. The molecule has 0 aromatic carbocycles. The molecule has 0 aliphatic carbocycles. The van der Waals surface area contributed by atoms with E-state index in [1.54, 1.807) is 0 Å². The fourth-order valence-corrected chi connectivity index (χ4v) is 4.56. The molecule has 1 aromatic heterocycles. The second kappa shape index (κ2) is 20.2. The normalized spacial score (nSPS) is 15.3. The number of thiazole rings is 1. The van der Waals surface area contributed by atoms with E-state index in [2.05, 4.69) is 18.0 Å². The fourth-order valence-electron chi connectivity index (χ4n) is 3.95. The molecule has 2 N–H and O–H groups in total. The predicted molar refractivity (Wildman–Crippen MR) is 154 cm³/mol. The van der Waals surface area contributed by atoms with E-state index >= 15 is 0 Å². The first-order chi connectivity index (χ1) is 17.6. The minimum atomic E-state index is -0.608. The molecule has 0 fully saturated rings. The molecule has 0 spiro atoms. The molecule has 0 aliphatic rings. The molecule has 0 saturated heterocycles. The van der Waals surface area contributed by atoms with Gasteiger partial charge in [0.2, 0.25) is 0 Å². The van der Waals surface area contributed by atoms with Gasteiger partial charge in [-0.2, -0.15) is 0 Å². The number of Topliss-reactive ketones (excluding diaryl/α,β-unsaturated/α-hetero) is 1. The van der Waals surface area contributed by atoms with Gasteiger partial charge in [-0.3, -0.25) is 9.59 Å². The lowest BCUT2D eigenvalue weighted by Crippen LogP contribution is -2.31. The molecule has 0 aliphatic heterocycles. The molecule has 0 saturated carbocycles. The van der Waals surface area contributed by atoms with Crippen LogP contribution in [0.4, 0.5) is 0 Å². The Morgan fingerprint density at radius 2 is 1.81 bits per heavy atom. The largest absolute Gasteiger partial charge is 0.457 e. The predicted octanol–water partition coefficient (Wildman–Crippen LogP) is 7.29. The van der Waals surface area contributed by atoms with Gasteiger partial charge in [0.15, 0.2) is 0 Å². The van der Waals surface area contributed by atoms with Gasteiger partial charge in [-0.1, -0.05) is 59.6 Å². The average molecular weight is 538 g/mol. The van der Waals surface area contributed by atoms with Crippen molar-refractivity contribution in [1.82, 2.24) is 4.98 Å². The first-order valence-electron chi connectivity index (χ1n) is 13.9. The van der Waals surface area contributed by atoms with E-state index in [0.717, 1.165) is 43.4 Å². The number of unbranched alkanes of at least 4 members (excludes halogenated alkanes) is 1. The van der Waals surface area contributed by atoms with Gasteiger partial charge < -0.3 is 14.9 Å². The quantitative estimate of drug-likeness (QED) is 0.160. The Kier molecular flexibility index (Phi) is 19.2. The Hall–Kier alpha value is -1.83. The van der Waals surface area contributed by atoms with Gasteiger partial charge in [-0.25, -0.2) is 4.98 Å². The summed E-state index contributed by atoms with van der Waals surface area (Å²) >= 11 is 1.40. The van der Waals surface area contributed by atoms with Crippen molar-refractivity contribution in [2.24, 2.45) is 11.8 Å². The maximum atomic E-state index is 12.3. The smallest absolute Gasteiger partial charge is 0.306 e. The second-order valence-corrected chi connectivity index (χ2v) is 10.5. The average Bonchev–Trinajstić information content (AvgIpc) is 3.36. The molecular formula is C30H51NO5S. The van der Waals surface area contributed by atoms with Crippen molar-refractivity contribution in [2.75, 3.05) is 0 Å². The fraction of sp³-hybridized carbons (Fsp3) is 0.700. The number of carbonyl (C=O) groups is 2. The number of esters is 1. The number of aromatic nitrogens is 1. The van der Waals surface area contributed by atoms with E-state index in [4.69, 9.17) is 4.74 Å². The van der Waals surface area contributed by atoms with Crippen molar-refractivity contribution >= 4 is 29.2 Å².